The fourth-order valence-electron chi connectivity index (χ4n) is 3.82. The van der Waals surface area contributed by atoms with E-state index in [1.165, 1.54) is 41.2 Å². The second-order valence-corrected chi connectivity index (χ2v) is 7.90. The summed E-state index contributed by atoms with van der Waals surface area (Å²) in [7, 11) is 1.72. The maximum absolute atomic E-state index is 13.1. The molecule has 4 rings (SSSR count). The van der Waals surface area contributed by atoms with Gasteiger partial charge in [0.05, 0.1) is 18.7 Å². The molecule has 0 atom stereocenters. The molecule has 1 aromatic carbocycles. The van der Waals surface area contributed by atoms with E-state index >= 15 is 0 Å². The van der Waals surface area contributed by atoms with E-state index in [2.05, 4.69) is 0 Å². The number of rotatable bonds is 5. The number of amides is 1. The van der Waals surface area contributed by atoms with Gasteiger partial charge in [-0.25, -0.2) is 4.39 Å². The van der Waals surface area contributed by atoms with E-state index in [1.807, 2.05) is 4.90 Å². The largest absolute Gasteiger partial charge is 0.504 e. The molecule has 32 heavy (non-hydrogen) atoms. The summed E-state index contributed by atoms with van der Waals surface area (Å²) in [5.41, 5.74) is -0.986. The topological polar surface area (TPSA) is 107 Å². The van der Waals surface area contributed by atoms with Gasteiger partial charge in [0, 0.05) is 39.1 Å². The van der Waals surface area contributed by atoms with Crippen molar-refractivity contribution in [1.29, 1.82) is 0 Å². The SMILES string of the molecule is CN1CCN(CCc2c(O)c(O)c3c(=O)n(Cc4ccc(F)cc4)ccn3c2=O)CC1=O. The summed E-state index contributed by atoms with van der Waals surface area (Å²) in [6, 6.07) is 5.61. The van der Waals surface area contributed by atoms with Gasteiger partial charge in [0.15, 0.2) is 17.0 Å². The Kier molecular flexibility index (Phi) is 5.70. The van der Waals surface area contributed by atoms with Crippen molar-refractivity contribution >= 4 is 11.4 Å². The lowest BCUT2D eigenvalue weighted by atomic mass is 10.1. The first-order valence-electron chi connectivity index (χ1n) is 10.2. The van der Waals surface area contributed by atoms with Gasteiger partial charge in [0.1, 0.15) is 5.82 Å². The molecule has 0 unspecified atom stereocenters. The first-order chi connectivity index (χ1) is 15.3. The molecule has 168 valence electrons. The van der Waals surface area contributed by atoms with Crippen molar-refractivity contribution in [2.75, 3.05) is 33.2 Å². The van der Waals surface area contributed by atoms with Gasteiger partial charge in [-0.2, -0.15) is 0 Å². The molecule has 0 aliphatic carbocycles. The van der Waals surface area contributed by atoms with Crippen molar-refractivity contribution in [2.45, 2.75) is 13.0 Å². The molecule has 0 radical (unpaired) electrons. The number of likely N-dealkylation sites (N-methyl/N-ethyl adjacent to an activating group) is 1. The van der Waals surface area contributed by atoms with Crippen LogP contribution >= 0.6 is 0 Å². The highest BCUT2D eigenvalue weighted by molar-refractivity contribution is 5.78. The van der Waals surface area contributed by atoms with Gasteiger partial charge in [-0.3, -0.25) is 23.7 Å². The van der Waals surface area contributed by atoms with Gasteiger partial charge in [-0.1, -0.05) is 12.1 Å². The number of hydrogen-bond acceptors (Lipinski definition) is 6. The number of pyridine rings is 1. The average molecular weight is 442 g/mol. The minimum absolute atomic E-state index is 0.0259. The predicted octanol–water partition coefficient (Wildman–Crippen LogP) is 0.376. The summed E-state index contributed by atoms with van der Waals surface area (Å²) < 4.78 is 15.4. The number of carbonyl (C=O) groups is 1. The van der Waals surface area contributed by atoms with E-state index in [0.717, 1.165) is 4.40 Å². The van der Waals surface area contributed by atoms with Crippen LogP contribution in [-0.4, -0.2) is 68.1 Å². The van der Waals surface area contributed by atoms with Crippen LogP contribution in [0.2, 0.25) is 0 Å². The number of benzene rings is 1. The van der Waals surface area contributed by atoms with Crippen molar-refractivity contribution in [3.63, 3.8) is 0 Å². The number of piperazine rings is 1. The average Bonchev–Trinajstić information content (AvgIpc) is 2.77. The molecule has 1 aliphatic heterocycles. The zero-order valence-electron chi connectivity index (χ0n) is 17.5. The second kappa shape index (κ2) is 8.46. The van der Waals surface area contributed by atoms with E-state index in [9.17, 15) is 29.0 Å². The Bertz CT molecular complexity index is 1300. The smallest absolute Gasteiger partial charge is 0.279 e. The normalized spacial score (nSPS) is 14.9. The fraction of sp³-hybridized carbons (Fsp3) is 0.318. The van der Waals surface area contributed by atoms with E-state index in [1.54, 1.807) is 11.9 Å². The third-order valence-corrected chi connectivity index (χ3v) is 5.79. The Morgan fingerprint density at radius 1 is 0.969 bits per heavy atom. The highest BCUT2D eigenvalue weighted by Crippen LogP contribution is 2.29. The number of fused-ring (bicyclic) bond motifs is 1. The summed E-state index contributed by atoms with van der Waals surface area (Å²) in [5.74, 6) is -1.73. The molecule has 0 spiro atoms. The van der Waals surface area contributed by atoms with Crippen LogP contribution in [0.15, 0.2) is 46.2 Å². The lowest BCUT2D eigenvalue weighted by Crippen LogP contribution is -2.49. The summed E-state index contributed by atoms with van der Waals surface area (Å²) in [6.07, 6.45) is 2.86. The zero-order valence-corrected chi connectivity index (χ0v) is 17.5. The number of halogens is 1. The van der Waals surface area contributed by atoms with Crippen molar-refractivity contribution < 1.29 is 19.4 Å². The van der Waals surface area contributed by atoms with Gasteiger partial charge < -0.3 is 19.7 Å². The lowest BCUT2D eigenvalue weighted by Gasteiger charge is -2.31. The highest BCUT2D eigenvalue weighted by atomic mass is 19.1. The summed E-state index contributed by atoms with van der Waals surface area (Å²) in [5, 5.41) is 21.0. The number of carbonyl (C=O) groups excluding carboxylic acids is 1. The first-order valence-corrected chi connectivity index (χ1v) is 10.2. The van der Waals surface area contributed by atoms with Crippen LogP contribution in [0.5, 0.6) is 11.5 Å². The maximum atomic E-state index is 13.1. The molecular weight excluding hydrogens is 419 g/mol. The van der Waals surface area contributed by atoms with E-state index in [4.69, 9.17) is 0 Å². The van der Waals surface area contributed by atoms with Gasteiger partial charge in [0.25, 0.3) is 11.1 Å². The summed E-state index contributed by atoms with van der Waals surface area (Å²) in [6.45, 7) is 1.86. The summed E-state index contributed by atoms with van der Waals surface area (Å²) >= 11 is 0. The minimum Gasteiger partial charge on any atom is -0.504 e. The predicted molar refractivity (Wildman–Crippen MR) is 115 cm³/mol. The molecule has 1 fully saturated rings. The van der Waals surface area contributed by atoms with Crippen LogP contribution in [0.25, 0.3) is 5.52 Å². The Balaban J connectivity index is 1.65. The molecule has 3 aromatic rings. The minimum atomic E-state index is -0.674. The Labute approximate surface area is 182 Å². The monoisotopic (exact) mass is 442 g/mol. The third-order valence-electron chi connectivity index (χ3n) is 5.79. The van der Waals surface area contributed by atoms with Crippen LogP contribution < -0.4 is 11.1 Å². The van der Waals surface area contributed by atoms with Gasteiger partial charge in [-0.15, -0.1) is 0 Å². The van der Waals surface area contributed by atoms with E-state index in [0.29, 0.717) is 25.2 Å². The van der Waals surface area contributed by atoms with Crippen LogP contribution in [0.1, 0.15) is 11.1 Å². The highest BCUT2D eigenvalue weighted by Gasteiger charge is 2.24. The maximum Gasteiger partial charge on any atom is 0.279 e. The van der Waals surface area contributed by atoms with E-state index < -0.39 is 28.4 Å². The molecule has 2 aromatic heterocycles. The van der Waals surface area contributed by atoms with Crippen molar-refractivity contribution in [1.82, 2.24) is 18.8 Å². The quantitative estimate of drug-likeness (QED) is 0.592. The zero-order chi connectivity index (χ0) is 23.0. The van der Waals surface area contributed by atoms with Crippen LogP contribution in [-0.2, 0) is 17.8 Å². The number of hydrogen-bond donors (Lipinski definition) is 2. The number of aromatic hydroxyl groups is 2. The Hall–Kier alpha value is -3.66. The molecule has 9 nitrogen and oxygen atoms in total. The molecule has 0 saturated carbocycles. The molecule has 2 N–H and O–H groups in total. The second-order valence-electron chi connectivity index (χ2n) is 7.90. The van der Waals surface area contributed by atoms with E-state index in [-0.39, 0.29) is 36.5 Å². The van der Waals surface area contributed by atoms with Crippen molar-refractivity contribution in [3.8, 4) is 11.5 Å². The van der Waals surface area contributed by atoms with Gasteiger partial charge >= 0.3 is 0 Å². The van der Waals surface area contributed by atoms with Crippen LogP contribution in [0, 0.1) is 5.82 Å². The Morgan fingerprint density at radius 3 is 2.38 bits per heavy atom. The lowest BCUT2D eigenvalue weighted by molar-refractivity contribution is -0.134. The first kappa shape index (κ1) is 21.6. The molecule has 1 saturated heterocycles. The molecule has 1 aliphatic rings. The van der Waals surface area contributed by atoms with Crippen LogP contribution in [0.3, 0.4) is 0 Å². The number of aromatic nitrogens is 2. The van der Waals surface area contributed by atoms with Gasteiger partial charge in [0.2, 0.25) is 5.91 Å². The molecule has 1 amide bonds. The number of nitrogens with zero attached hydrogens (tertiary/aromatic N) is 4. The fourth-order valence-corrected chi connectivity index (χ4v) is 3.82. The standard InChI is InChI=1S/C22H23FN4O5/c1-24-8-9-25(13-17(24)28)7-6-16-19(29)20(30)18-22(32)26(10-11-27(18)21(16)31)12-14-2-4-15(23)5-3-14/h2-5,10-11,29-30H,6-9,12-13H2,1H3. The molecule has 3 heterocycles. The molecular formula is C22H23FN4O5. The van der Waals surface area contributed by atoms with Crippen molar-refractivity contribution in [3.05, 3.63) is 74.3 Å². The summed E-state index contributed by atoms with van der Waals surface area (Å²) in [4.78, 5) is 41.2. The van der Waals surface area contributed by atoms with Crippen LogP contribution in [0.4, 0.5) is 4.39 Å². The molecule has 10 heteroatoms. The van der Waals surface area contributed by atoms with Crippen molar-refractivity contribution in [2.24, 2.45) is 0 Å². The Morgan fingerprint density at radius 2 is 1.69 bits per heavy atom. The third kappa shape index (κ3) is 3.96. The van der Waals surface area contributed by atoms with Gasteiger partial charge in [-0.05, 0) is 24.1 Å². The molecule has 0 bridgehead atoms.